The molecule has 0 atom stereocenters. The van der Waals surface area contributed by atoms with Crippen molar-refractivity contribution in [2.75, 3.05) is 40.3 Å². The minimum absolute atomic E-state index is 0.147. The largest absolute Gasteiger partial charge is 0.490 e. The summed E-state index contributed by atoms with van der Waals surface area (Å²) in [5.41, 5.74) is 3.44. The van der Waals surface area contributed by atoms with Gasteiger partial charge in [0, 0.05) is 32.0 Å². The summed E-state index contributed by atoms with van der Waals surface area (Å²) in [6.45, 7) is 3.92. The van der Waals surface area contributed by atoms with E-state index in [1.165, 1.54) is 11.1 Å². The molecule has 0 bridgehead atoms. The number of Topliss-reactive ketones (excluding diaryl/α,β-unsaturated/α-hetero) is 1. The number of hydrogen-bond donors (Lipinski definition) is 0. The fraction of sp³-hybridized carbons (Fsp3) is 0.387. The van der Waals surface area contributed by atoms with E-state index in [2.05, 4.69) is 70.5 Å². The summed E-state index contributed by atoms with van der Waals surface area (Å²) in [5.74, 6) is 1.27. The fourth-order valence-corrected chi connectivity index (χ4v) is 4.91. The second kappa shape index (κ2) is 12.7. The summed E-state index contributed by atoms with van der Waals surface area (Å²) >= 11 is 0. The molecule has 1 heterocycles. The standard InChI is InChI=1S/C31H38N2O2/c1-32(2)21-11-17-30(34)28-16-9-10-18-31(28)35-27-19-22-33(23-20-27)24-29(25-12-5-3-6-13-25)26-14-7-4-8-15-26/h3-10,12-16,18,27,29H,11,17,19-24H2,1-2H3. The van der Waals surface area contributed by atoms with Crippen LogP contribution in [0.15, 0.2) is 84.9 Å². The highest BCUT2D eigenvalue weighted by molar-refractivity contribution is 5.98. The lowest BCUT2D eigenvalue weighted by Crippen LogP contribution is -2.40. The molecule has 0 unspecified atom stereocenters. The fourth-order valence-electron chi connectivity index (χ4n) is 4.91. The minimum atomic E-state index is 0.147. The van der Waals surface area contributed by atoms with Crippen molar-refractivity contribution in [3.8, 4) is 5.75 Å². The molecule has 1 aliphatic rings. The lowest BCUT2D eigenvalue weighted by Gasteiger charge is -2.35. The first-order valence-corrected chi connectivity index (χ1v) is 12.9. The van der Waals surface area contributed by atoms with Crippen LogP contribution in [0.5, 0.6) is 5.75 Å². The van der Waals surface area contributed by atoms with E-state index in [1.54, 1.807) is 0 Å². The van der Waals surface area contributed by atoms with Crippen LogP contribution in [0.1, 0.15) is 53.1 Å². The first-order chi connectivity index (χ1) is 17.1. The van der Waals surface area contributed by atoms with Crippen molar-refractivity contribution in [2.24, 2.45) is 0 Å². The quantitative estimate of drug-likeness (QED) is 0.327. The van der Waals surface area contributed by atoms with Crippen LogP contribution in [-0.4, -0.2) is 62.0 Å². The molecule has 0 spiro atoms. The Morgan fingerprint density at radius 2 is 1.46 bits per heavy atom. The van der Waals surface area contributed by atoms with Gasteiger partial charge in [0.05, 0.1) is 5.56 Å². The van der Waals surface area contributed by atoms with E-state index < -0.39 is 0 Å². The number of carbonyl (C=O) groups is 1. The Labute approximate surface area is 210 Å². The van der Waals surface area contributed by atoms with E-state index in [-0.39, 0.29) is 11.9 Å². The van der Waals surface area contributed by atoms with Gasteiger partial charge in [0.1, 0.15) is 11.9 Å². The van der Waals surface area contributed by atoms with Gasteiger partial charge in [-0.15, -0.1) is 0 Å². The van der Waals surface area contributed by atoms with Gasteiger partial charge >= 0.3 is 0 Å². The number of hydrogen-bond acceptors (Lipinski definition) is 4. The molecule has 184 valence electrons. The number of carbonyl (C=O) groups excluding carboxylic acids is 1. The maximum absolute atomic E-state index is 12.8. The Kier molecular flexibility index (Phi) is 9.10. The highest BCUT2D eigenvalue weighted by atomic mass is 16.5. The number of nitrogens with zero attached hydrogens (tertiary/aromatic N) is 2. The molecule has 0 saturated carbocycles. The van der Waals surface area contributed by atoms with Gasteiger partial charge in [-0.25, -0.2) is 0 Å². The van der Waals surface area contributed by atoms with Gasteiger partial charge in [0.25, 0.3) is 0 Å². The molecular weight excluding hydrogens is 432 g/mol. The van der Waals surface area contributed by atoms with Crippen LogP contribution in [0.25, 0.3) is 0 Å². The lowest BCUT2D eigenvalue weighted by atomic mass is 9.90. The third-order valence-corrected chi connectivity index (χ3v) is 6.87. The van der Waals surface area contributed by atoms with Crippen molar-refractivity contribution in [3.63, 3.8) is 0 Å². The number of rotatable bonds is 11. The van der Waals surface area contributed by atoms with Gasteiger partial charge in [-0.2, -0.15) is 0 Å². The van der Waals surface area contributed by atoms with Crippen molar-refractivity contribution in [3.05, 3.63) is 102 Å². The second-order valence-electron chi connectivity index (χ2n) is 9.82. The molecule has 4 nitrogen and oxygen atoms in total. The molecule has 0 aromatic heterocycles. The molecule has 4 rings (SSSR count). The third-order valence-electron chi connectivity index (χ3n) is 6.87. The van der Waals surface area contributed by atoms with E-state index >= 15 is 0 Å². The van der Waals surface area contributed by atoms with Gasteiger partial charge in [-0.05, 0) is 63.2 Å². The highest BCUT2D eigenvalue weighted by Crippen LogP contribution is 2.29. The second-order valence-corrected chi connectivity index (χ2v) is 9.82. The Bertz CT molecular complexity index is 1000. The highest BCUT2D eigenvalue weighted by Gasteiger charge is 2.25. The average Bonchev–Trinajstić information content (AvgIpc) is 2.89. The molecule has 3 aromatic carbocycles. The molecule has 35 heavy (non-hydrogen) atoms. The van der Waals surface area contributed by atoms with Gasteiger partial charge in [-0.3, -0.25) is 4.79 Å². The zero-order valence-electron chi connectivity index (χ0n) is 21.1. The van der Waals surface area contributed by atoms with Crippen molar-refractivity contribution in [1.82, 2.24) is 9.80 Å². The smallest absolute Gasteiger partial charge is 0.166 e. The number of benzene rings is 3. The maximum Gasteiger partial charge on any atom is 0.166 e. The lowest BCUT2D eigenvalue weighted by molar-refractivity contribution is 0.0915. The predicted octanol–water partition coefficient (Wildman–Crippen LogP) is 5.89. The molecule has 0 N–H and O–H groups in total. The topological polar surface area (TPSA) is 32.8 Å². The van der Waals surface area contributed by atoms with E-state index in [0.717, 1.165) is 56.8 Å². The van der Waals surface area contributed by atoms with E-state index in [9.17, 15) is 4.79 Å². The zero-order valence-corrected chi connectivity index (χ0v) is 21.1. The Morgan fingerprint density at radius 3 is 2.06 bits per heavy atom. The molecular formula is C31H38N2O2. The van der Waals surface area contributed by atoms with E-state index in [0.29, 0.717) is 12.3 Å². The Balaban J connectivity index is 1.35. The first-order valence-electron chi connectivity index (χ1n) is 12.9. The van der Waals surface area contributed by atoms with Gasteiger partial charge < -0.3 is 14.5 Å². The minimum Gasteiger partial charge on any atom is -0.490 e. The SMILES string of the molecule is CN(C)CCCC(=O)c1ccccc1OC1CCN(CC(c2ccccc2)c2ccccc2)CC1. The summed E-state index contributed by atoms with van der Waals surface area (Å²) < 4.78 is 6.40. The van der Waals surface area contributed by atoms with Gasteiger partial charge in [0.2, 0.25) is 0 Å². The van der Waals surface area contributed by atoms with Crippen LogP contribution in [0.2, 0.25) is 0 Å². The maximum atomic E-state index is 12.8. The Hall–Kier alpha value is -2.95. The first kappa shape index (κ1) is 25.2. The van der Waals surface area contributed by atoms with Crippen molar-refractivity contribution in [1.29, 1.82) is 0 Å². The monoisotopic (exact) mass is 470 g/mol. The average molecular weight is 471 g/mol. The van der Waals surface area contributed by atoms with E-state index in [1.807, 2.05) is 38.4 Å². The van der Waals surface area contributed by atoms with Crippen molar-refractivity contribution in [2.45, 2.75) is 37.7 Å². The molecule has 0 amide bonds. The van der Waals surface area contributed by atoms with Crippen molar-refractivity contribution >= 4 is 5.78 Å². The van der Waals surface area contributed by atoms with Crippen LogP contribution in [0, 0.1) is 0 Å². The molecule has 1 fully saturated rings. The summed E-state index contributed by atoms with van der Waals surface area (Å²) in [6.07, 6.45) is 3.51. The van der Waals surface area contributed by atoms with Crippen LogP contribution < -0.4 is 4.74 Å². The third kappa shape index (κ3) is 7.27. The predicted molar refractivity (Wildman–Crippen MR) is 143 cm³/mol. The Morgan fingerprint density at radius 1 is 0.886 bits per heavy atom. The number of ether oxygens (including phenoxy) is 1. The number of piperidine rings is 1. The number of likely N-dealkylation sites (tertiary alicyclic amines) is 1. The molecule has 1 saturated heterocycles. The summed E-state index contributed by atoms with van der Waals surface area (Å²) in [4.78, 5) is 17.5. The van der Waals surface area contributed by atoms with Gasteiger partial charge in [-0.1, -0.05) is 72.8 Å². The zero-order chi connectivity index (χ0) is 24.5. The van der Waals surface area contributed by atoms with Crippen LogP contribution in [0.4, 0.5) is 0 Å². The molecule has 1 aliphatic heterocycles. The van der Waals surface area contributed by atoms with Crippen LogP contribution in [-0.2, 0) is 0 Å². The molecule has 4 heteroatoms. The molecule has 3 aromatic rings. The number of ketones is 1. The molecule has 0 aliphatic carbocycles. The van der Waals surface area contributed by atoms with Crippen molar-refractivity contribution < 1.29 is 9.53 Å². The van der Waals surface area contributed by atoms with Gasteiger partial charge in [0.15, 0.2) is 5.78 Å². The molecule has 0 radical (unpaired) electrons. The summed E-state index contributed by atoms with van der Waals surface area (Å²) in [6, 6.07) is 29.4. The summed E-state index contributed by atoms with van der Waals surface area (Å²) in [7, 11) is 4.08. The normalized spacial score (nSPS) is 15.0. The van der Waals surface area contributed by atoms with Crippen LogP contribution >= 0.6 is 0 Å². The van der Waals surface area contributed by atoms with Crippen LogP contribution in [0.3, 0.4) is 0 Å². The summed E-state index contributed by atoms with van der Waals surface area (Å²) in [5, 5.41) is 0. The van der Waals surface area contributed by atoms with E-state index in [4.69, 9.17) is 4.74 Å². The number of para-hydroxylation sites is 1.